The van der Waals surface area contributed by atoms with Crippen molar-refractivity contribution in [3.63, 3.8) is 0 Å². The number of fused-ring (bicyclic) bond motifs is 1. The molecule has 0 spiro atoms. The van der Waals surface area contributed by atoms with E-state index in [9.17, 15) is 0 Å². The third-order valence-electron chi connectivity index (χ3n) is 4.62. The van der Waals surface area contributed by atoms with Gasteiger partial charge in [-0.15, -0.1) is 0 Å². The molecular weight excluding hydrogens is 260 g/mol. The monoisotopic (exact) mass is 286 g/mol. The number of benzene rings is 1. The van der Waals surface area contributed by atoms with E-state index < -0.39 is 0 Å². The van der Waals surface area contributed by atoms with Gasteiger partial charge in [0.1, 0.15) is 5.82 Å². The average Bonchev–Trinajstić information content (AvgIpc) is 3.03. The van der Waals surface area contributed by atoms with Gasteiger partial charge in [-0.25, -0.2) is 4.98 Å². The summed E-state index contributed by atoms with van der Waals surface area (Å²) in [5, 5.41) is 0. The lowest BCUT2D eigenvalue weighted by Crippen LogP contribution is -2.33. The number of likely N-dealkylation sites (tertiary alicyclic amines) is 1. The lowest BCUT2D eigenvalue weighted by molar-refractivity contribution is 0.244. The van der Waals surface area contributed by atoms with E-state index in [1.165, 1.54) is 30.7 Å². The van der Waals surface area contributed by atoms with Gasteiger partial charge in [0.25, 0.3) is 0 Å². The number of hydrogen-bond donors (Lipinski definition) is 1. The SMILES string of the molecule is CCN1CCCC1Cn1c(C(C)C)nc2cc(N)ccc21. The number of hydrogen-bond acceptors (Lipinski definition) is 3. The topological polar surface area (TPSA) is 47.1 Å². The number of aromatic nitrogens is 2. The van der Waals surface area contributed by atoms with Gasteiger partial charge in [-0.05, 0) is 44.1 Å². The van der Waals surface area contributed by atoms with Crippen molar-refractivity contribution in [1.82, 2.24) is 14.5 Å². The third-order valence-corrected chi connectivity index (χ3v) is 4.62. The van der Waals surface area contributed by atoms with Crippen molar-refractivity contribution in [1.29, 1.82) is 0 Å². The summed E-state index contributed by atoms with van der Waals surface area (Å²) in [6.07, 6.45) is 2.61. The largest absolute Gasteiger partial charge is 0.399 e. The van der Waals surface area contributed by atoms with Crippen LogP contribution in [0.3, 0.4) is 0 Å². The Morgan fingerprint density at radius 3 is 2.90 bits per heavy atom. The zero-order valence-electron chi connectivity index (χ0n) is 13.3. The molecule has 0 radical (unpaired) electrons. The van der Waals surface area contributed by atoms with E-state index in [0.717, 1.165) is 24.3 Å². The minimum atomic E-state index is 0.426. The molecule has 0 aliphatic carbocycles. The van der Waals surface area contributed by atoms with Crippen LogP contribution in [0.1, 0.15) is 45.4 Å². The van der Waals surface area contributed by atoms with Crippen LogP contribution in [0.2, 0.25) is 0 Å². The van der Waals surface area contributed by atoms with Gasteiger partial charge < -0.3 is 10.3 Å². The molecule has 2 heterocycles. The summed E-state index contributed by atoms with van der Waals surface area (Å²) in [5.41, 5.74) is 8.95. The van der Waals surface area contributed by atoms with Crippen molar-refractivity contribution in [3.05, 3.63) is 24.0 Å². The van der Waals surface area contributed by atoms with Gasteiger partial charge in [0, 0.05) is 24.2 Å². The van der Waals surface area contributed by atoms with E-state index in [-0.39, 0.29) is 0 Å². The standard InChI is InChI=1S/C17H26N4/c1-4-20-9-5-6-14(20)11-21-16-8-7-13(18)10-15(16)19-17(21)12(2)3/h7-8,10,12,14H,4-6,9,11,18H2,1-3H3. The number of likely N-dealkylation sites (N-methyl/N-ethyl adjacent to an activating group) is 1. The zero-order valence-corrected chi connectivity index (χ0v) is 13.3. The zero-order chi connectivity index (χ0) is 15.0. The summed E-state index contributed by atoms with van der Waals surface area (Å²) in [4.78, 5) is 7.42. The number of nitrogen functional groups attached to an aromatic ring is 1. The Hall–Kier alpha value is -1.55. The van der Waals surface area contributed by atoms with Gasteiger partial charge in [-0.3, -0.25) is 4.90 Å². The van der Waals surface area contributed by atoms with Crippen LogP contribution in [-0.2, 0) is 6.54 Å². The van der Waals surface area contributed by atoms with E-state index in [1.54, 1.807) is 0 Å². The molecule has 1 aliphatic rings. The predicted octanol–water partition coefficient (Wildman–Crippen LogP) is 3.23. The lowest BCUT2D eigenvalue weighted by Gasteiger charge is -2.24. The van der Waals surface area contributed by atoms with E-state index in [4.69, 9.17) is 10.7 Å². The van der Waals surface area contributed by atoms with E-state index in [2.05, 4.69) is 36.3 Å². The molecular formula is C17H26N4. The average molecular weight is 286 g/mol. The van der Waals surface area contributed by atoms with Gasteiger partial charge in [0.05, 0.1) is 11.0 Å². The molecule has 1 fully saturated rings. The molecule has 1 atom stereocenters. The van der Waals surface area contributed by atoms with Crippen molar-refractivity contribution in [2.24, 2.45) is 0 Å². The number of nitrogens with zero attached hydrogens (tertiary/aromatic N) is 3. The first-order chi connectivity index (χ1) is 10.1. The Morgan fingerprint density at radius 1 is 1.38 bits per heavy atom. The van der Waals surface area contributed by atoms with Gasteiger partial charge in [0.2, 0.25) is 0 Å². The summed E-state index contributed by atoms with van der Waals surface area (Å²) in [7, 11) is 0. The van der Waals surface area contributed by atoms with Crippen LogP contribution in [0.5, 0.6) is 0 Å². The van der Waals surface area contributed by atoms with Crippen molar-refractivity contribution < 1.29 is 0 Å². The van der Waals surface area contributed by atoms with Crippen LogP contribution in [0, 0.1) is 0 Å². The molecule has 1 aliphatic heterocycles. The van der Waals surface area contributed by atoms with Crippen LogP contribution in [0.4, 0.5) is 5.69 Å². The minimum absolute atomic E-state index is 0.426. The maximum Gasteiger partial charge on any atom is 0.112 e. The Labute approximate surface area is 126 Å². The second kappa shape index (κ2) is 5.68. The van der Waals surface area contributed by atoms with Gasteiger partial charge in [0.15, 0.2) is 0 Å². The molecule has 2 N–H and O–H groups in total. The molecule has 1 aromatic heterocycles. The lowest BCUT2D eigenvalue weighted by atomic mass is 10.1. The molecule has 2 aromatic rings. The summed E-state index contributed by atoms with van der Waals surface area (Å²) in [6.45, 7) is 10.1. The fourth-order valence-electron chi connectivity index (χ4n) is 3.53. The number of anilines is 1. The van der Waals surface area contributed by atoms with Crippen molar-refractivity contribution in [3.8, 4) is 0 Å². The summed E-state index contributed by atoms with van der Waals surface area (Å²) in [6, 6.07) is 6.73. The third kappa shape index (κ3) is 2.64. The summed E-state index contributed by atoms with van der Waals surface area (Å²) >= 11 is 0. The molecule has 0 amide bonds. The number of nitrogens with two attached hydrogens (primary N) is 1. The van der Waals surface area contributed by atoms with Crippen LogP contribution >= 0.6 is 0 Å². The van der Waals surface area contributed by atoms with Gasteiger partial charge in [-0.2, -0.15) is 0 Å². The van der Waals surface area contributed by atoms with Crippen LogP contribution in [0.25, 0.3) is 11.0 Å². The first-order valence-electron chi connectivity index (χ1n) is 8.09. The number of rotatable bonds is 4. The van der Waals surface area contributed by atoms with E-state index >= 15 is 0 Å². The van der Waals surface area contributed by atoms with Crippen molar-refractivity contribution in [2.75, 3.05) is 18.8 Å². The van der Waals surface area contributed by atoms with Crippen LogP contribution in [0.15, 0.2) is 18.2 Å². The molecule has 114 valence electrons. The smallest absolute Gasteiger partial charge is 0.112 e. The first-order valence-corrected chi connectivity index (χ1v) is 8.09. The Bertz CT molecular complexity index is 629. The highest BCUT2D eigenvalue weighted by molar-refractivity contribution is 5.79. The van der Waals surface area contributed by atoms with Crippen molar-refractivity contribution in [2.45, 2.75) is 52.1 Å². The Morgan fingerprint density at radius 2 is 2.19 bits per heavy atom. The van der Waals surface area contributed by atoms with Gasteiger partial charge >= 0.3 is 0 Å². The van der Waals surface area contributed by atoms with Gasteiger partial charge in [-0.1, -0.05) is 20.8 Å². The Balaban J connectivity index is 2.01. The molecule has 1 aromatic carbocycles. The van der Waals surface area contributed by atoms with Crippen molar-refractivity contribution >= 4 is 16.7 Å². The molecule has 1 saturated heterocycles. The molecule has 3 rings (SSSR count). The minimum Gasteiger partial charge on any atom is -0.399 e. The maximum atomic E-state index is 5.91. The molecule has 1 unspecified atom stereocenters. The second-order valence-electron chi connectivity index (χ2n) is 6.41. The predicted molar refractivity (Wildman–Crippen MR) is 88.5 cm³/mol. The number of imidazole rings is 1. The molecule has 4 heteroatoms. The quantitative estimate of drug-likeness (QED) is 0.878. The van der Waals surface area contributed by atoms with Crippen LogP contribution < -0.4 is 5.73 Å². The normalized spacial score (nSPS) is 19.9. The molecule has 21 heavy (non-hydrogen) atoms. The fraction of sp³-hybridized carbons (Fsp3) is 0.588. The maximum absolute atomic E-state index is 5.91. The highest BCUT2D eigenvalue weighted by Gasteiger charge is 2.25. The second-order valence-corrected chi connectivity index (χ2v) is 6.41. The fourth-order valence-corrected chi connectivity index (χ4v) is 3.53. The molecule has 0 saturated carbocycles. The Kier molecular flexibility index (Phi) is 3.89. The first kappa shape index (κ1) is 14.4. The van der Waals surface area contributed by atoms with E-state index in [0.29, 0.717) is 12.0 Å². The highest BCUT2D eigenvalue weighted by atomic mass is 15.2. The highest BCUT2D eigenvalue weighted by Crippen LogP contribution is 2.26. The molecule has 4 nitrogen and oxygen atoms in total. The molecule has 0 bridgehead atoms. The summed E-state index contributed by atoms with van der Waals surface area (Å²) < 4.78 is 2.41. The summed E-state index contributed by atoms with van der Waals surface area (Å²) in [5.74, 6) is 1.61. The van der Waals surface area contributed by atoms with Crippen LogP contribution in [-0.4, -0.2) is 33.6 Å². The van der Waals surface area contributed by atoms with E-state index in [1.807, 2.05) is 12.1 Å².